The lowest BCUT2D eigenvalue weighted by molar-refractivity contribution is -0.143. The molecule has 12 amide bonds. The quantitative estimate of drug-likeness (QED) is 0.0176. The van der Waals surface area contributed by atoms with Gasteiger partial charge in [0.15, 0.2) is 5.96 Å². The van der Waals surface area contributed by atoms with Gasteiger partial charge in [-0.2, -0.15) is 0 Å². The molecule has 22 N–H and O–H groups in total. The third-order valence-electron chi connectivity index (χ3n) is 17.3. The number of carbonyl (C=O) groups excluding carboxylic acids is 12. The molecule has 0 radical (unpaired) electrons. The molecule has 32 nitrogen and oxygen atoms in total. The number of aliphatic hydroxyl groups excluding tert-OH is 2. The number of phenols is 1. The Balaban J connectivity index is 1.51. The van der Waals surface area contributed by atoms with Crippen molar-refractivity contribution in [3.63, 3.8) is 0 Å². The molecule has 4 rings (SSSR count). The predicted molar refractivity (Wildman–Crippen MR) is 367 cm³/mol. The highest BCUT2D eigenvalue weighted by Gasteiger charge is 2.43. The topological polar surface area (TPSA) is 523 Å². The van der Waals surface area contributed by atoms with E-state index in [4.69, 9.17) is 28.7 Å². The lowest BCUT2D eigenvalue weighted by Gasteiger charge is -2.32. The zero-order valence-corrected chi connectivity index (χ0v) is 58.0. The maximum absolute atomic E-state index is 14.8. The Labute approximate surface area is 578 Å². The van der Waals surface area contributed by atoms with E-state index < -0.39 is 163 Å². The number of benzene rings is 2. The van der Waals surface area contributed by atoms with Crippen molar-refractivity contribution in [1.82, 2.24) is 57.7 Å². The van der Waals surface area contributed by atoms with Gasteiger partial charge < -0.3 is 102 Å². The van der Waals surface area contributed by atoms with Crippen LogP contribution >= 0.6 is 0 Å². The van der Waals surface area contributed by atoms with Crippen LogP contribution in [-0.4, -0.2) is 214 Å². The fourth-order valence-electron chi connectivity index (χ4n) is 11.6. The number of aromatic hydroxyl groups is 1. The molecule has 13 atom stereocenters. The monoisotopic (exact) mass is 1390 g/mol. The molecule has 2 aromatic rings. The second-order valence-electron chi connectivity index (χ2n) is 26.3. The molecule has 550 valence electrons. The zero-order valence-electron chi connectivity index (χ0n) is 58.0. The molecule has 99 heavy (non-hydrogen) atoms. The van der Waals surface area contributed by atoms with E-state index in [9.17, 15) is 72.9 Å². The number of phenolic OH excluding ortho intramolecular Hbond substituents is 1. The van der Waals surface area contributed by atoms with Crippen LogP contribution in [0.1, 0.15) is 137 Å². The molecule has 0 aromatic heterocycles. The fourth-order valence-corrected chi connectivity index (χ4v) is 11.6. The highest BCUT2D eigenvalue weighted by Crippen LogP contribution is 2.24. The van der Waals surface area contributed by atoms with E-state index in [-0.39, 0.29) is 108 Å². The Kier molecular flexibility index (Phi) is 34.5. The van der Waals surface area contributed by atoms with E-state index >= 15 is 0 Å². The number of amides is 12. The Morgan fingerprint density at radius 2 is 1.01 bits per heavy atom. The summed E-state index contributed by atoms with van der Waals surface area (Å²) in [6, 6.07) is -0.776. The molecule has 32 heteroatoms. The molecular formula is C67H107N17O15. The summed E-state index contributed by atoms with van der Waals surface area (Å²) >= 11 is 0. The molecule has 2 heterocycles. The summed E-state index contributed by atoms with van der Waals surface area (Å²) in [5.41, 5.74) is 29.4. The second-order valence-corrected chi connectivity index (χ2v) is 26.3. The summed E-state index contributed by atoms with van der Waals surface area (Å²) in [6.45, 7) is 11.0. The minimum absolute atomic E-state index is 0.0113. The number of hydrogen-bond donors (Lipinski definition) is 17. The highest BCUT2D eigenvalue weighted by atomic mass is 16.3. The molecule has 0 saturated carbocycles. The van der Waals surface area contributed by atoms with Crippen LogP contribution in [0.5, 0.6) is 5.75 Å². The SMILES string of the molecule is CC[C@H](C)[C@H](NC(=O)[C@@H](N)CO)C(=O)N[C@@H](CCCCN)C(=O)N1CCCC1C(=O)N[C@@H](CO)C(=O)N[C@@H](C)C(=O)N[C@@H](Cc1ccc(O)cc1)C(=O)N[C@@H](CC(C)C)C(=O)N1CCC[C@H]1C(=O)N[C@@H](CC(C)C)C(=O)N[C@@H](CCCN=C(N)N)C(=O)N[C@@H](Cc1ccccc1)C(N)=O. The maximum atomic E-state index is 14.8. The van der Waals surface area contributed by atoms with Gasteiger partial charge in [0.1, 0.15) is 78.3 Å². The van der Waals surface area contributed by atoms with Gasteiger partial charge in [-0.25, -0.2) is 0 Å². The summed E-state index contributed by atoms with van der Waals surface area (Å²) < 4.78 is 0. The number of aliphatic imine (C=N–C) groups is 1. The smallest absolute Gasteiger partial charge is 0.245 e. The van der Waals surface area contributed by atoms with Gasteiger partial charge in [0.2, 0.25) is 70.9 Å². The summed E-state index contributed by atoms with van der Waals surface area (Å²) in [4.78, 5) is 174. The van der Waals surface area contributed by atoms with Crippen LogP contribution < -0.4 is 76.5 Å². The van der Waals surface area contributed by atoms with Crippen molar-refractivity contribution in [3.05, 3.63) is 65.7 Å². The number of unbranched alkanes of at least 4 members (excludes halogenated alkanes) is 1. The molecule has 2 aromatic carbocycles. The molecule has 1 unspecified atom stereocenters. The number of nitrogens with two attached hydrogens (primary N) is 5. The van der Waals surface area contributed by atoms with Crippen molar-refractivity contribution >= 4 is 76.8 Å². The second kappa shape index (κ2) is 41.4. The Morgan fingerprint density at radius 1 is 0.525 bits per heavy atom. The van der Waals surface area contributed by atoms with E-state index in [1.165, 1.54) is 41.0 Å². The summed E-state index contributed by atoms with van der Waals surface area (Å²) in [5, 5.41) is 53.9. The van der Waals surface area contributed by atoms with Crippen molar-refractivity contribution < 1.29 is 72.9 Å². The van der Waals surface area contributed by atoms with Crippen LogP contribution in [-0.2, 0) is 70.4 Å². The van der Waals surface area contributed by atoms with Crippen LogP contribution in [0.2, 0.25) is 0 Å². The number of hydrogen-bond acceptors (Lipinski definition) is 18. The maximum Gasteiger partial charge on any atom is 0.245 e. The van der Waals surface area contributed by atoms with Crippen molar-refractivity contribution in [3.8, 4) is 5.75 Å². The van der Waals surface area contributed by atoms with E-state index in [1.807, 2.05) is 27.7 Å². The first-order valence-corrected chi connectivity index (χ1v) is 34.1. The van der Waals surface area contributed by atoms with Gasteiger partial charge in [-0.15, -0.1) is 0 Å². The zero-order chi connectivity index (χ0) is 73.6. The number of aliphatic hydroxyl groups is 2. The summed E-state index contributed by atoms with van der Waals surface area (Å²) in [7, 11) is 0. The first kappa shape index (κ1) is 82.4. The summed E-state index contributed by atoms with van der Waals surface area (Å²) in [6.07, 6.45) is 2.74. The number of nitrogens with zero attached hydrogens (tertiary/aromatic N) is 3. The lowest BCUT2D eigenvalue weighted by Crippen LogP contribution is -2.61. The van der Waals surface area contributed by atoms with Crippen LogP contribution in [0.15, 0.2) is 59.6 Å². The van der Waals surface area contributed by atoms with Crippen LogP contribution in [0, 0.1) is 17.8 Å². The predicted octanol–water partition coefficient (Wildman–Crippen LogP) is -3.34. The molecule has 2 saturated heterocycles. The number of primary amides is 1. The molecule has 0 bridgehead atoms. The minimum atomic E-state index is -1.66. The third kappa shape index (κ3) is 26.6. The molecule has 0 aliphatic carbocycles. The number of rotatable bonds is 41. The fraction of sp³-hybridized carbons (Fsp3) is 0.627. The van der Waals surface area contributed by atoms with Crippen molar-refractivity contribution in [2.24, 2.45) is 51.4 Å². The van der Waals surface area contributed by atoms with Gasteiger partial charge in [-0.1, -0.05) is 90.4 Å². The normalized spacial score (nSPS) is 17.7. The van der Waals surface area contributed by atoms with Crippen LogP contribution in [0.25, 0.3) is 0 Å². The first-order chi connectivity index (χ1) is 46.9. The van der Waals surface area contributed by atoms with Crippen LogP contribution in [0.4, 0.5) is 0 Å². The van der Waals surface area contributed by atoms with Gasteiger partial charge in [0.25, 0.3) is 0 Å². The van der Waals surface area contributed by atoms with Gasteiger partial charge in [0, 0.05) is 32.5 Å². The first-order valence-electron chi connectivity index (χ1n) is 34.1. The van der Waals surface area contributed by atoms with Gasteiger partial charge in [-0.3, -0.25) is 62.5 Å². The number of nitrogens with one attached hydrogen (secondary N) is 9. The summed E-state index contributed by atoms with van der Waals surface area (Å²) in [5.74, 6) is -10.4. The van der Waals surface area contributed by atoms with Crippen molar-refractivity contribution in [1.29, 1.82) is 0 Å². The van der Waals surface area contributed by atoms with Gasteiger partial charge in [0.05, 0.1) is 13.2 Å². The van der Waals surface area contributed by atoms with E-state index in [0.717, 1.165) is 0 Å². The Bertz CT molecular complexity index is 3060. The minimum Gasteiger partial charge on any atom is -0.508 e. The Morgan fingerprint density at radius 3 is 1.56 bits per heavy atom. The van der Waals surface area contributed by atoms with Gasteiger partial charge >= 0.3 is 0 Å². The number of carbonyl (C=O) groups is 12. The molecule has 0 spiro atoms. The molecule has 2 aliphatic heterocycles. The van der Waals surface area contributed by atoms with E-state index in [1.54, 1.807) is 44.2 Å². The molecule has 2 fully saturated rings. The number of guanidine groups is 1. The van der Waals surface area contributed by atoms with Gasteiger partial charge in [-0.05, 0) is 125 Å². The Hall–Kier alpha value is -9.01. The average molecular weight is 1390 g/mol. The lowest BCUT2D eigenvalue weighted by atomic mass is 9.97. The standard InChI is InChI=1S/C67H107N17O15/c1-8-39(6)54(82-57(90)44(69)35-85)64(97)76-46(19-12-13-27-68)65(98)83-29-15-22-53(83)63(96)81-51(36-86)61(94)74-40(7)56(89)78-49(34-42-23-25-43(87)26-24-42)60(93)80-50(32-38(4)5)66(99)84-30-16-21-52(84)62(95)79-48(31-37(2)3)59(92)75-45(20-14-28-73-67(71)72)58(91)77-47(55(70)88)33-41-17-10-9-11-18-41/h9-11,17-18,23-26,37-40,44-54,85-87H,8,12-16,19-22,27-36,68-69H2,1-7H3,(H2,70,88)(H,74,94)(H,75,92)(H,76,97)(H,77,91)(H,78,89)(H,79,95)(H,80,93)(H,81,96)(H,82,90)(H4,71,72,73)/t39-,40-,44-,45-,46-,47-,48-,49-,50-,51-,52-,53?,54-/m0/s1. The molecular weight excluding hydrogens is 1280 g/mol. The average Bonchev–Trinajstić information content (AvgIpc) is 1.76. The van der Waals surface area contributed by atoms with E-state index in [2.05, 4.69) is 52.8 Å². The number of likely N-dealkylation sites (tertiary alicyclic amines) is 2. The van der Waals surface area contributed by atoms with Crippen molar-refractivity contribution in [2.45, 2.75) is 211 Å². The van der Waals surface area contributed by atoms with Crippen LogP contribution in [0.3, 0.4) is 0 Å². The van der Waals surface area contributed by atoms with E-state index in [0.29, 0.717) is 43.2 Å². The van der Waals surface area contributed by atoms with Crippen molar-refractivity contribution in [2.75, 3.05) is 39.4 Å². The third-order valence-corrected chi connectivity index (χ3v) is 17.3. The largest absolute Gasteiger partial charge is 0.508 e. The highest BCUT2D eigenvalue weighted by molar-refractivity contribution is 6.00. The molecule has 2 aliphatic rings.